The summed E-state index contributed by atoms with van der Waals surface area (Å²) in [4.78, 5) is 22.7. The molecule has 0 aromatic heterocycles. The number of rotatable bonds is 13. The molecule has 0 aromatic carbocycles. The summed E-state index contributed by atoms with van der Waals surface area (Å²) < 4.78 is 0. The molecule has 0 saturated heterocycles. The van der Waals surface area contributed by atoms with Crippen molar-refractivity contribution in [3.05, 3.63) is 11.5 Å². The molecule has 1 saturated carbocycles. The molecule has 0 heterocycles. The summed E-state index contributed by atoms with van der Waals surface area (Å²) in [5.41, 5.74) is 0. The largest absolute Gasteiger partial charge is 0.509 e. The molecule has 1 aliphatic rings. The molecule has 0 bridgehead atoms. The number of unbranched alkanes of at least 4 members (excludes halogenated alkanes) is 4. The molecule has 150 valence electrons. The molecule has 3 N–H and O–H groups in total. The number of hydrogen-bond donors (Lipinski definition) is 3. The fraction of sp³-hybridized carbons (Fsp3) is 0.810. The quantitative estimate of drug-likeness (QED) is 0.292. The van der Waals surface area contributed by atoms with E-state index in [9.17, 15) is 19.8 Å². The summed E-state index contributed by atoms with van der Waals surface area (Å²) in [6.45, 7) is 4.21. The number of carboxylic acid groups (broad SMARTS) is 1. The molecule has 1 rings (SSSR count). The number of allylic oxidation sites excluding steroid dienone is 2. The van der Waals surface area contributed by atoms with Crippen LogP contribution in [0, 0.1) is 17.8 Å². The molecule has 0 amide bonds. The van der Waals surface area contributed by atoms with Crippen LogP contribution in [0.15, 0.2) is 11.5 Å². The molecule has 26 heavy (non-hydrogen) atoms. The molecule has 3 atom stereocenters. The Labute approximate surface area is 157 Å². The second-order valence-electron chi connectivity index (χ2n) is 7.85. The molecule has 5 nitrogen and oxygen atoms in total. The van der Waals surface area contributed by atoms with Crippen LogP contribution in [0.4, 0.5) is 0 Å². The van der Waals surface area contributed by atoms with Crippen molar-refractivity contribution in [3.8, 4) is 0 Å². The van der Waals surface area contributed by atoms with Gasteiger partial charge in [0.1, 0.15) is 17.3 Å². The van der Waals surface area contributed by atoms with E-state index in [1.807, 2.05) is 0 Å². The molecule has 5 heteroatoms. The minimum atomic E-state index is -0.769. The van der Waals surface area contributed by atoms with Crippen LogP contribution in [0.2, 0.25) is 0 Å². The lowest BCUT2D eigenvalue weighted by molar-refractivity contribution is -0.137. The second kappa shape index (κ2) is 12.0. The van der Waals surface area contributed by atoms with Gasteiger partial charge in [0.15, 0.2) is 0 Å². The Morgan fingerprint density at radius 1 is 1.12 bits per heavy atom. The Morgan fingerprint density at radius 2 is 1.81 bits per heavy atom. The SMILES string of the molecule is CCCCC(C)C/C(O)=C(\O)[C@H]1CCC(=O)[C@@H]1CCCCCCC(=O)O. The first-order valence-corrected chi connectivity index (χ1v) is 10.2. The van der Waals surface area contributed by atoms with Gasteiger partial charge >= 0.3 is 5.97 Å². The van der Waals surface area contributed by atoms with Crippen LogP contribution in [0.5, 0.6) is 0 Å². The first kappa shape index (κ1) is 22.5. The lowest BCUT2D eigenvalue weighted by Crippen LogP contribution is -2.18. The summed E-state index contributed by atoms with van der Waals surface area (Å²) in [6.07, 6.45) is 8.97. The second-order valence-corrected chi connectivity index (χ2v) is 7.85. The molecule has 1 aliphatic carbocycles. The number of Topliss-reactive ketones (excluding diaryl/α,β-unsaturated/α-hetero) is 1. The third-order valence-electron chi connectivity index (χ3n) is 5.50. The van der Waals surface area contributed by atoms with Crippen LogP contribution in [0.25, 0.3) is 0 Å². The van der Waals surface area contributed by atoms with Crippen molar-refractivity contribution in [3.63, 3.8) is 0 Å². The van der Waals surface area contributed by atoms with Crippen molar-refractivity contribution in [2.75, 3.05) is 0 Å². The number of carbonyl (C=O) groups excluding carboxylic acids is 1. The van der Waals surface area contributed by atoms with E-state index in [-0.39, 0.29) is 35.6 Å². The molecule has 0 spiro atoms. The van der Waals surface area contributed by atoms with E-state index in [1.54, 1.807) is 0 Å². The standard InChI is InChI=1S/C21H36O5/c1-3-4-9-15(2)14-19(23)21(26)17-12-13-18(22)16(17)10-7-5-6-8-11-20(24)25/h15-17,23,26H,3-14H2,1-2H3,(H,24,25)/b21-19+/t15?,16-,17+/m1/s1. The van der Waals surface area contributed by atoms with E-state index in [1.165, 1.54) is 0 Å². The number of ketones is 1. The maximum atomic E-state index is 12.2. The highest BCUT2D eigenvalue weighted by Crippen LogP contribution is 2.38. The average Bonchev–Trinajstić information content (AvgIpc) is 2.95. The molecule has 0 aromatic rings. The zero-order chi connectivity index (χ0) is 19.5. The van der Waals surface area contributed by atoms with Crippen molar-refractivity contribution >= 4 is 11.8 Å². The zero-order valence-electron chi connectivity index (χ0n) is 16.4. The highest BCUT2D eigenvalue weighted by atomic mass is 16.4. The van der Waals surface area contributed by atoms with Crippen LogP contribution >= 0.6 is 0 Å². The van der Waals surface area contributed by atoms with Gasteiger partial charge in [-0.15, -0.1) is 0 Å². The minimum absolute atomic E-state index is 0.0232. The third-order valence-corrected chi connectivity index (χ3v) is 5.50. The van der Waals surface area contributed by atoms with Crippen LogP contribution in [0.1, 0.15) is 90.9 Å². The lowest BCUT2D eigenvalue weighted by atomic mass is 9.87. The smallest absolute Gasteiger partial charge is 0.303 e. The summed E-state index contributed by atoms with van der Waals surface area (Å²) >= 11 is 0. The fourth-order valence-corrected chi connectivity index (χ4v) is 3.90. The van der Waals surface area contributed by atoms with E-state index in [2.05, 4.69) is 13.8 Å². The Kier molecular flexibility index (Phi) is 10.4. The Bertz CT molecular complexity index is 483. The molecule has 1 unspecified atom stereocenters. The van der Waals surface area contributed by atoms with Crippen molar-refractivity contribution in [2.24, 2.45) is 17.8 Å². The van der Waals surface area contributed by atoms with E-state index in [0.717, 1.165) is 38.5 Å². The highest BCUT2D eigenvalue weighted by molar-refractivity contribution is 5.83. The topological polar surface area (TPSA) is 94.8 Å². The van der Waals surface area contributed by atoms with Gasteiger partial charge in [-0.1, -0.05) is 52.4 Å². The van der Waals surface area contributed by atoms with Gasteiger partial charge in [0.05, 0.1) is 0 Å². The number of aliphatic carboxylic acids is 1. The number of aliphatic hydroxyl groups excluding tert-OH is 2. The van der Waals surface area contributed by atoms with Gasteiger partial charge in [0.2, 0.25) is 0 Å². The normalized spacial score (nSPS) is 22.3. The molecule has 0 radical (unpaired) electrons. The van der Waals surface area contributed by atoms with Gasteiger partial charge in [-0.25, -0.2) is 0 Å². The summed E-state index contributed by atoms with van der Waals surface area (Å²) in [5.74, 6) is -0.646. The first-order valence-electron chi connectivity index (χ1n) is 10.2. The van der Waals surface area contributed by atoms with E-state index in [0.29, 0.717) is 38.0 Å². The van der Waals surface area contributed by atoms with Crippen molar-refractivity contribution in [1.29, 1.82) is 0 Å². The highest BCUT2D eigenvalue weighted by Gasteiger charge is 2.37. The first-order chi connectivity index (χ1) is 12.4. The minimum Gasteiger partial charge on any atom is -0.509 e. The van der Waals surface area contributed by atoms with Crippen LogP contribution in [-0.2, 0) is 9.59 Å². The van der Waals surface area contributed by atoms with Crippen molar-refractivity contribution in [1.82, 2.24) is 0 Å². The molecule has 1 fully saturated rings. The van der Waals surface area contributed by atoms with Gasteiger partial charge in [0.25, 0.3) is 0 Å². The Morgan fingerprint density at radius 3 is 2.46 bits per heavy atom. The van der Waals surface area contributed by atoms with Gasteiger partial charge < -0.3 is 15.3 Å². The summed E-state index contributed by atoms with van der Waals surface area (Å²) in [7, 11) is 0. The van der Waals surface area contributed by atoms with E-state index < -0.39 is 5.97 Å². The van der Waals surface area contributed by atoms with Gasteiger partial charge in [-0.2, -0.15) is 0 Å². The molecule has 0 aliphatic heterocycles. The van der Waals surface area contributed by atoms with Crippen LogP contribution < -0.4 is 0 Å². The number of carbonyl (C=O) groups is 2. The van der Waals surface area contributed by atoms with E-state index >= 15 is 0 Å². The third kappa shape index (κ3) is 7.79. The molecular formula is C21H36O5. The fourth-order valence-electron chi connectivity index (χ4n) is 3.90. The maximum Gasteiger partial charge on any atom is 0.303 e. The van der Waals surface area contributed by atoms with Gasteiger partial charge in [-0.05, 0) is 25.2 Å². The maximum absolute atomic E-state index is 12.2. The van der Waals surface area contributed by atoms with Crippen LogP contribution in [0.3, 0.4) is 0 Å². The van der Waals surface area contributed by atoms with Crippen LogP contribution in [-0.4, -0.2) is 27.1 Å². The van der Waals surface area contributed by atoms with Gasteiger partial charge in [-0.3, -0.25) is 9.59 Å². The summed E-state index contributed by atoms with van der Waals surface area (Å²) in [5, 5.41) is 29.4. The van der Waals surface area contributed by atoms with Gasteiger partial charge in [0, 0.05) is 31.1 Å². The number of carboxylic acids is 1. The predicted octanol–water partition coefficient (Wildman–Crippen LogP) is 5.55. The number of aliphatic hydroxyl groups is 2. The lowest BCUT2D eigenvalue weighted by Gasteiger charge is -2.20. The average molecular weight is 369 g/mol. The Balaban J connectivity index is 2.50. The van der Waals surface area contributed by atoms with Crippen molar-refractivity contribution in [2.45, 2.75) is 90.9 Å². The van der Waals surface area contributed by atoms with E-state index in [4.69, 9.17) is 5.11 Å². The zero-order valence-corrected chi connectivity index (χ0v) is 16.4. The van der Waals surface area contributed by atoms with Crippen molar-refractivity contribution < 1.29 is 24.9 Å². The predicted molar refractivity (Wildman–Crippen MR) is 102 cm³/mol. The Hall–Kier alpha value is -1.52. The monoisotopic (exact) mass is 368 g/mol. The molecular weight excluding hydrogens is 332 g/mol. The number of hydrogen-bond acceptors (Lipinski definition) is 4. The summed E-state index contributed by atoms with van der Waals surface area (Å²) in [6, 6.07) is 0.